The summed E-state index contributed by atoms with van der Waals surface area (Å²) in [5, 5.41) is 0. The fourth-order valence-electron chi connectivity index (χ4n) is 5.32. The number of likely N-dealkylation sites (tertiary alicyclic amines) is 1. The fourth-order valence-corrected chi connectivity index (χ4v) is 6.59. The Morgan fingerprint density at radius 3 is 2.17 bits per heavy atom. The summed E-state index contributed by atoms with van der Waals surface area (Å²) in [4.78, 5) is 36.8. The summed E-state index contributed by atoms with van der Waals surface area (Å²) in [6.07, 6.45) is 1.52. The number of nitrogens with zero attached hydrogens (tertiary/aromatic N) is 4. The highest BCUT2D eigenvalue weighted by Crippen LogP contribution is 2.32. The summed E-state index contributed by atoms with van der Waals surface area (Å²) in [6.45, 7) is 5.53. The Balaban J connectivity index is 1.23. The molecule has 0 unspecified atom stereocenters. The van der Waals surface area contributed by atoms with Gasteiger partial charge in [0.1, 0.15) is 0 Å². The number of sulfone groups is 1. The van der Waals surface area contributed by atoms with Crippen LogP contribution in [-0.4, -0.2) is 84.1 Å². The quantitative estimate of drug-likeness (QED) is 0.643. The Morgan fingerprint density at radius 2 is 1.54 bits per heavy atom. The number of benzene rings is 1. The number of hydrogen-bond acceptors (Lipinski definition) is 6. The molecule has 8 nitrogen and oxygen atoms in total. The first kappa shape index (κ1) is 23.9. The average molecular weight is 497 g/mol. The van der Waals surface area contributed by atoms with E-state index in [-0.39, 0.29) is 35.8 Å². The molecule has 4 heterocycles. The van der Waals surface area contributed by atoms with Gasteiger partial charge >= 0.3 is 0 Å². The van der Waals surface area contributed by atoms with E-state index >= 15 is 0 Å². The molecule has 0 saturated carbocycles. The van der Waals surface area contributed by atoms with Gasteiger partial charge < -0.3 is 9.80 Å². The predicted molar refractivity (Wildman–Crippen MR) is 133 cm³/mol. The molecule has 35 heavy (non-hydrogen) atoms. The van der Waals surface area contributed by atoms with E-state index in [0.717, 1.165) is 24.2 Å². The van der Waals surface area contributed by atoms with E-state index in [1.807, 2.05) is 45.9 Å². The topological polar surface area (TPSA) is 90.9 Å². The van der Waals surface area contributed by atoms with Crippen molar-refractivity contribution in [3.8, 4) is 0 Å². The highest BCUT2D eigenvalue weighted by molar-refractivity contribution is 7.91. The molecular formula is C26H32N4O4S. The molecule has 2 amide bonds. The number of pyridine rings is 1. The molecule has 9 heteroatoms. The third kappa shape index (κ3) is 5.26. The van der Waals surface area contributed by atoms with Crippen LogP contribution in [0.15, 0.2) is 36.4 Å². The number of carbonyl (C=O) groups is 2. The van der Waals surface area contributed by atoms with Gasteiger partial charge in [-0.25, -0.2) is 8.42 Å². The van der Waals surface area contributed by atoms with Gasteiger partial charge in [0.2, 0.25) is 5.91 Å². The molecule has 3 aliphatic rings. The molecule has 0 aliphatic carbocycles. The highest BCUT2D eigenvalue weighted by atomic mass is 32.2. The van der Waals surface area contributed by atoms with Crippen molar-refractivity contribution < 1.29 is 18.0 Å². The summed E-state index contributed by atoms with van der Waals surface area (Å²) in [5.74, 6) is 0.442. The first-order valence-electron chi connectivity index (χ1n) is 12.3. The van der Waals surface area contributed by atoms with Crippen LogP contribution >= 0.6 is 0 Å². The Morgan fingerprint density at radius 1 is 0.914 bits per heavy atom. The largest absolute Gasteiger partial charge is 0.342 e. The molecule has 0 N–H and O–H groups in total. The molecule has 186 valence electrons. The van der Waals surface area contributed by atoms with Crippen LogP contribution in [0, 0.1) is 6.92 Å². The molecule has 2 aromatic rings. The van der Waals surface area contributed by atoms with Crippen LogP contribution in [0.1, 0.15) is 51.6 Å². The number of carbonyl (C=O) groups excluding carboxylic acids is 2. The third-order valence-electron chi connectivity index (χ3n) is 7.45. The maximum Gasteiger partial charge on any atom is 0.256 e. The van der Waals surface area contributed by atoms with Crippen LogP contribution in [-0.2, 0) is 27.7 Å². The number of aryl methyl sites for hydroxylation is 1. The molecule has 1 aromatic carbocycles. The van der Waals surface area contributed by atoms with Gasteiger partial charge in [-0.1, -0.05) is 24.3 Å². The zero-order valence-corrected chi connectivity index (χ0v) is 21.0. The van der Waals surface area contributed by atoms with Crippen LogP contribution in [0.2, 0.25) is 0 Å². The van der Waals surface area contributed by atoms with E-state index in [4.69, 9.17) is 4.98 Å². The average Bonchev–Trinajstić information content (AvgIpc) is 3.29. The van der Waals surface area contributed by atoms with Gasteiger partial charge in [-0.2, -0.15) is 0 Å². The minimum atomic E-state index is -2.96. The van der Waals surface area contributed by atoms with E-state index < -0.39 is 9.84 Å². The van der Waals surface area contributed by atoms with Crippen LogP contribution in [0.4, 0.5) is 0 Å². The molecule has 0 atom stereocenters. The Kier molecular flexibility index (Phi) is 6.63. The van der Waals surface area contributed by atoms with Crippen molar-refractivity contribution in [2.45, 2.75) is 38.8 Å². The maximum absolute atomic E-state index is 13.5. The second-order valence-corrected chi connectivity index (χ2v) is 12.2. The number of piperidine rings is 1. The summed E-state index contributed by atoms with van der Waals surface area (Å²) in [7, 11) is -2.96. The van der Waals surface area contributed by atoms with Crippen molar-refractivity contribution in [2.75, 3.05) is 44.2 Å². The van der Waals surface area contributed by atoms with E-state index in [2.05, 4.69) is 12.1 Å². The molecular weight excluding hydrogens is 464 g/mol. The third-order valence-corrected chi connectivity index (χ3v) is 9.06. The van der Waals surface area contributed by atoms with Crippen molar-refractivity contribution >= 4 is 21.7 Å². The molecule has 5 rings (SSSR count). The molecule has 2 fully saturated rings. The van der Waals surface area contributed by atoms with Crippen LogP contribution in [0.3, 0.4) is 0 Å². The first-order chi connectivity index (χ1) is 16.8. The van der Waals surface area contributed by atoms with Gasteiger partial charge in [0.15, 0.2) is 9.84 Å². The lowest BCUT2D eigenvalue weighted by Crippen LogP contribution is -2.48. The van der Waals surface area contributed by atoms with Crippen molar-refractivity contribution in [1.82, 2.24) is 19.7 Å². The Labute approximate surface area is 206 Å². The number of aromatic nitrogens is 1. The second-order valence-electron chi connectivity index (χ2n) is 9.90. The van der Waals surface area contributed by atoms with E-state index in [1.165, 1.54) is 11.1 Å². The van der Waals surface area contributed by atoms with Gasteiger partial charge in [0.05, 0.1) is 29.3 Å². The number of hydrogen-bond donors (Lipinski definition) is 0. The molecule has 0 radical (unpaired) electrons. The minimum Gasteiger partial charge on any atom is -0.342 e. The Bertz CT molecular complexity index is 1200. The van der Waals surface area contributed by atoms with Crippen molar-refractivity contribution in [3.05, 3.63) is 64.5 Å². The first-order valence-corrected chi connectivity index (χ1v) is 14.2. The number of fused-ring (bicyclic) bond motifs is 1. The molecule has 1 aromatic heterocycles. The normalized spacial score (nSPS) is 20.6. The van der Waals surface area contributed by atoms with Crippen LogP contribution in [0.25, 0.3) is 0 Å². The van der Waals surface area contributed by atoms with Crippen LogP contribution < -0.4 is 0 Å². The zero-order valence-electron chi connectivity index (χ0n) is 20.1. The predicted octanol–water partition coefficient (Wildman–Crippen LogP) is 1.98. The van der Waals surface area contributed by atoms with Crippen molar-refractivity contribution in [2.24, 2.45) is 0 Å². The lowest BCUT2D eigenvalue weighted by atomic mass is 9.89. The summed E-state index contributed by atoms with van der Waals surface area (Å²) < 4.78 is 23.3. The van der Waals surface area contributed by atoms with Gasteiger partial charge in [0.25, 0.3) is 5.91 Å². The molecule has 0 spiro atoms. The second kappa shape index (κ2) is 9.70. The number of rotatable bonds is 4. The smallest absolute Gasteiger partial charge is 0.256 e. The maximum atomic E-state index is 13.5. The fraction of sp³-hybridized carbons (Fsp3) is 0.500. The molecule has 2 saturated heterocycles. The van der Waals surface area contributed by atoms with E-state index in [1.54, 1.807) is 0 Å². The Hall–Kier alpha value is -2.78. The van der Waals surface area contributed by atoms with Gasteiger partial charge in [0, 0.05) is 50.9 Å². The zero-order chi connectivity index (χ0) is 24.6. The summed E-state index contributed by atoms with van der Waals surface area (Å²) >= 11 is 0. The lowest BCUT2D eigenvalue weighted by Gasteiger charge is -2.34. The summed E-state index contributed by atoms with van der Waals surface area (Å²) in [5.41, 5.74) is 4.79. The van der Waals surface area contributed by atoms with E-state index in [9.17, 15) is 18.0 Å². The highest BCUT2D eigenvalue weighted by Gasteiger charge is 2.32. The van der Waals surface area contributed by atoms with Gasteiger partial charge in [-0.15, -0.1) is 0 Å². The SMILES string of the molecule is Cc1ccc(C(=O)N2Cc3ccccc3C2)c(C2CCN(C(=O)CN3CCS(=O)(=O)CC3)CC2)n1. The monoisotopic (exact) mass is 496 g/mol. The van der Waals surface area contributed by atoms with Crippen molar-refractivity contribution in [3.63, 3.8) is 0 Å². The van der Waals surface area contributed by atoms with Gasteiger partial charge in [-0.3, -0.25) is 19.5 Å². The molecule has 0 bridgehead atoms. The van der Waals surface area contributed by atoms with Gasteiger partial charge in [-0.05, 0) is 43.0 Å². The minimum absolute atomic E-state index is 0.0160. The lowest BCUT2D eigenvalue weighted by molar-refractivity contribution is -0.133. The summed E-state index contributed by atoms with van der Waals surface area (Å²) in [6, 6.07) is 12.0. The standard InChI is InChI=1S/C26H32N4O4S/c1-19-6-7-23(26(32)30-16-21-4-2-3-5-22(21)17-30)25(27-19)20-8-10-29(11-9-20)24(31)18-28-12-14-35(33,34)15-13-28/h2-7,20H,8-18H2,1H3. The number of amides is 2. The van der Waals surface area contributed by atoms with Crippen molar-refractivity contribution in [1.29, 1.82) is 0 Å². The van der Waals surface area contributed by atoms with Crippen LogP contribution in [0.5, 0.6) is 0 Å². The molecule has 3 aliphatic heterocycles. The van der Waals surface area contributed by atoms with E-state index in [0.29, 0.717) is 44.8 Å².